The summed E-state index contributed by atoms with van der Waals surface area (Å²) in [4.78, 5) is 0. The molecule has 0 aliphatic heterocycles. The minimum atomic E-state index is -0.111. The van der Waals surface area contributed by atoms with Crippen molar-refractivity contribution in [2.75, 3.05) is 6.61 Å². The number of unbranched alkanes of at least 4 members (excludes halogenated alkanes) is 3. The topological polar surface area (TPSA) is 46.2 Å². The van der Waals surface area contributed by atoms with E-state index in [1.165, 1.54) is 19.3 Å². The number of rotatable bonds is 8. The standard InChI is InChI=1S/C12H23NO.ClH/c1-2-3-4-5-6-7-8-9-10-12(13)11-14;/h6-9,12,14H,2-5,10-11,13H2,1H3;1H/b7-6+,9-8+;. The molecule has 0 spiro atoms. The van der Waals surface area contributed by atoms with Crippen LogP contribution in [0.25, 0.3) is 0 Å². The van der Waals surface area contributed by atoms with Crippen molar-refractivity contribution < 1.29 is 5.11 Å². The van der Waals surface area contributed by atoms with Crippen LogP contribution in [-0.4, -0.2) is 17.8 Å². The lowest BCUT2D eigenvalue weighted by Gasteiger charge is -2.01. The van der Waals surface area contributed by atoms with Crippen LogP contribution in [0.2, 0.25) is 0 Å². The highest BCUT2D eigenvalue weighted by Crippen LogP contribution is 1.99. The first-order valence-electron chi connectivity index (χ1n) is 5.49. The second-order valence-corrected chi connectivity index (χ2v) is 3.53. The SMILES string of the molecule is CCCCC/C=C/C=C/CC(N)CO.Cl. The van der Waals surface area contributed by atoms with Crippen LogP contribution in [0, 0.1) is 0 Å². The lowest BCUT2D eigenvalue weighted by molar-refractivity contribution is 0.266. The van der Waals surface area contributed by atoms with E-state index in [1.54, 1.807) is 0 Å². The van der Waals surface area contributed by atoms with E-state index in [0.29, 0.717) is 0 Å². The molecular formula is C12H24ClNO. The van der Waals surface area contributed by atoms with Gasteiger partial charge in [0.1, 0.15) is 0 Å². The maximum absolute atomic E-state index is 8.66. The molecule has 1 unspecified atom stereocenters. The van der Waals surface area contributed by atoms with Gasteiger partial charge >= 0.3 is 0 Å². The Bertz CT molecular complexity index is 169. The van der Waals surface area contributed by atoms with Crippen molar-refractivity contribution in [2.45, 2.75) is 45.1 Å². The molecule has 3 N–H and O–H groups in total. The molecule has 0 rings (SSSR count). The highest BCUT2D eigenvalue weighted by Gasteiger charge is 1.93. The number of hydrogen-bond donors (Lipinski definition) is 2. The summed E-state index contributed by atoms with van der Waals surface area (Å²) in [5.41, 5.74) is 5.53. The van der Waals surface area contributed by atoms with Crippen LogP contribution < -0.4 is 5.73 Å². The van der Waals surface area contributed by atoms with Crippen molar-refractivity contribution in [3.05, 3.63) is 24.3 Å². The lowest BCUT2D eigenvalue weighted by atomic mass is 10.2. The Kier molecular flexibility index (Phi) is 15.6. The van der Waals surface area contributed by atoms with Crippen molar-refractivity contribution in [2.24, 2.45) is 5.73 Å². The fourth-order valence-electron chi connectivity index (χ4n) is 1.09. The lowest BCUT2D eigenvalue weighted by Crippen LogP contribution is -2.22. The largest absolute Gasteiger partial charge is 0.395 e. The molecule has 0 bridgehead atoms. The fraction of sp³-hybridized carbons (Fsp3) is 0.667. The second kappa shape index (κ2) is 13.7. The number of aliphatic hydroxyl groups excluding tert-OH is 1. The number of halogens is 1. The summed E-state index contributed by atoms with van der Waals surface area (Å²) in [6.45, 7) is 2.27. The molecule has 0 heterocycles. The van der Waals surface area contributed by atoms with E-state index in [4.69, 9.17) is 10.8 Å². The van der Waals surface area contributed by atoms with Crippen LogP contribution in [0.3, 0.4) is 0 Å². The van der Waals surface area contributed by atoms with Gasteiger partial charge in [-0.25, -0.2) is 0 Å². The van der Waals surface area contributed by atoms with Gasteiger partial charge in [-0.2, -0.15) is 0 Å². The molecule has 0 saturated heterocycles. The summed E-state index contributed by atoms with van der Waals surface area (Å²) in [7, 11) is 0. The van der Waals surface area contributed by atoms with E-state index in [-0.39, 0.29) is 25.1 Å². The molecule has 15 heavy (non-hydrogen) atoms. The quantitative estimate of drug-likeness (QED) is 0.500. The molecule has 90 valence electrons. The normalized spacial score (nSPS) is 13.3. The van der Waals surface area contributed by atoms with Gasteiger partial charge in [-0.05, 0) is 19.3 Å². The Labute approximate surface area is 99.7 Å². The minimum absolute atomic E-state index is 0. The summed E-state index contributed by atoms with van der Waals surface area (Å²) in [5.74, 6) is 0. The van der Waals surface area contributed by atoms with Gasteiger partial charge in [-0.1, -0.05) is 44.1 Å². The van der Waals surface area contributed by atoms with E-state index in [1.807, 2.05) is 12.2 Å². The first kappa shape index (κ1) is 17.1. The molecule has 0 aliphatic rings. The molecule has 0 aromatic carbocycles. The smallest absolute Gasteiger partial charge is 0.0585 e. The third-order valence-corrected chi connectivity index (χ3v) is 2.03. The third-order valence-electron chi connectivity index (χ3n) is 2.03. The maximum Gasteiger partial charge on any atom is 0.0585 e. The zero-order chi connectivity index (χ0) is 10.6. The van der Waals surface area contributed by atoms with Gasteiger partial charge in [0.15, 0.2) is 0 Å². The van der Waals surface area contributed by atoms with Crippen LogP contribution in [0.4, 0.5) is 0 Å². The first-order valence-corrected chi connectivity index (χ1v) is 5.49. The van der Waals surface area contributed by atoms with Gasteiger partial charge in [0.2, 0.25) is 0 Å². The van der Waals surface area contributed by atoms with Crippen molar-refractivity contribution >= 4 is 12.4 Å². The highest BCUT2D eigenvalue weighted by molar-refractivity contribution is 5.85. The van der Waals surface area contributed by atoms with Crippen LogP contribution in [0.1, 0.15) is 39.0 Å². The fourth-order valence-corrected chi connectivity index (χ4v) is 1.09. The Balaban J connectivity index is 0. The average Bonchev–Trinajstić information content (AvgIpc) is 2.21. The molecule has 1 atom stereocenters. The van der Waals surface area contributed by atoms with Gasteiger partial charge in [0.25, 0.3) is 0 Å². The molecule has 0 fully saturated rings. The number of hydrogen-bond acceptors (Lipinski definition) is 2. The third kappa shape index (κ3) is 13.7. The van der Waals surface area contributed by atoms with Crippen LogP contribution in [0.5, 0.6) is 0 Å². The molecule has 0 amide bonds. The van der Waals surface area contributed by atoms with E-state index >= 15 is 0 Å². The van der Waals surface area contributed by atoms with Crippen LogP contribution in [-0.2, 0) is 0 Å². The van der Waals surface area contributed by atoms with Crippen molar-refractivity contribution in [3.63, 3.8) is 0 Å². The summed E-state index contributed by atoms with van der Waals surface area (Å²) in [5, 5.41) is 8.66. The van der Waals surface area contributed by atoms with Gasteiger partial charge in [-0.15, -0.1) is 12.4 Å². The zero-order valence-electron chi connectivity index (χ0n) is 9.56. The summed E-state index contributed by atoms with van der Waals surface area (Å²) < 4.78 is 0. The molecule has 0 aromatic rings. The molecule has 2 nitrogen and oxygen atoms in total. The molecule has 0 saturated carbocycles. The van der Waals surface area contributed by atoms with E-state index in [9.17, 15) is 0 Å². The Morgan fingerprint density at radius 1 is 1.20 bits per heavy atom. The molecule has 0 aliphatic carbocycles. The van der Waals surface area contributed by atoms with E-state index in [2.05, 4.69) is 19.1 Å². The molecule has 3 heteroatoms. The summed E-state index contributed by atoms with van der Waals surface area (Å²) in [6.07, 6.45) is 14.0. The molecule has 0 radical (unpaired) electrons. The second-order valence-electron chi connectivity index (χ2n) is 3.53. The van der Waals surface area contributed by atoms with Crippen molar-refractivity contribution in [1.82, 2.24) is 0 Å². The molecular weight excluding hydrogens is 210 g/mol. The Morgan fingerprint density at radius 3 is 2.47 bits per heavy atom. The summed E-state index contributed by atoms with van der Waals surface area (Å²) in [6, 6.07) is -0.111. The predicted octanol–water partition coefficient (Wildman–Crippen LogP) is 2.81. The van der Waals surface area contributed by atoms with Crippen molar-refractivity contribution in [1.29, 1.82) is 0 Å². The van der Waals surface area contributed by atoms with E-state index < -0.39 is 0 Å². The monoisotopic (exact) mass is 233 g/mol. The van der Waals surface area contributed by atoms with Crippen molar-refractivity contribution in [3.8, 4) is 0 Å². The van der Waals surface area contributed by atoms with Gasteiger partial charge in [0, 0.05) is 6.04 Å². The van der Waals surface area contributed by atoms with Gasteiger partial charge in [-0.3, -0.25) is 0 Å². The summed E-state index contributed by atoms with van der Waals surface area (Å²) >= 11 is 0. The average molecular weight is 234 g/mol. The number of aliphatic hydroxyl groups is 1. The predicted molar refractivity (Wildman–Crippen MR) is 69.3 cm³/mol. The Morgan fingerprint density at radius 2 is 1.87 bits per heavy atom. The maximum atomic E-state index is 8.66. The van der Waals surface area contributed by atoms with E-state index in [0.717, 1.165) is 12.8 Å². The van der Waals surface area contributed by atoms with Gasteiger partial charge in [0.05, 0.1) is 6.61 Å². The van der Waals surface area contributed by atoms with Crippen LogP contribution >= 0.6 is 12.4 Å². The highest BCUT2D eigenvalue weighted by atomic mass is 35.5. The zero-order valence-corrected chi connectivity index (χ0v) is 10.4. The first-order chi connectivity index (χ1) is 6.81. The number of allylic oxidation sites excluding steroid dienone is 3. The molecule has 0 aromatic heterocycles. The minimum Gasteiger partial charge on any atom is -0.395 e. The number of nitrogens with two attached hydrogens (primary N) is 1. The Hall–Kier alpha value is -0.310. The van der Waals surface area contributed by atoms with Gasteiger partial charge < -0.3 is 10.8 Å². The van der Waals surface area contributed by atoms with Crippen LogP contribution in [0.15, 0.2) is 24.3 Å².